The van der Waals surface area contributed by atoms with E-state index in [1.165, 1.54) is 0 Å². The van der Waals surface area contributed by atoms with E-state index in [-0.39, 0.29) is 11.8 Å². The lowest BCUT2D eigenvalue weighted by Gasteiger charge is -2.13. The first-order valence-electron chi connectivity index (χ1n) is 10.0. The fourth-order valence-corrected chi connectivity index (χ4v) is 4.10. The van der Waals surface area contributed by atoms with Crippen LogP contribution in [0.25, 0.3) is 22.2 Å². The molecule has 0 unspecified atom stereocenters. The van der Waals surface area contributed by atoms with Crippen LogP contribution < -0.4 is 14.8 Å². The van der Waals surface area contributed by atoms with Crippen molar-refractivity contribution >= 4 is 22.6 Å². The lowest BCUT2D eigenvalue weighted by Crippen LogP contribution is -2.20. The lowest BCUT2D eigenvalue weighted by molar-refractivity contribution is -0.117. The number of aromatic nitrogens is 2. The largest absolute Gasteiger partial charge is 0.496 e. The van der Waals surface area contributed by atoms with Gasteiger partial charge in [0.15, 0.2) is 0 Å². The summed E-state index contributed by atoms with van der Waals surface area (Å²) in [6, 6.07) is 9.72. The average molecular weight is 409 g/mol. The summed E-state index contributed by atoms with van der Waals surface area (Å²) in [5, 5.41) is 3.98. The molecule has 1 fully saturated rings. The average Bonchev–Trinajstić information content (AvgIpc) is 3.42. The zero-order valence-electron chi connectivity index (χ0n) is 18.1. The summed E-state index contributed by atoms with van der Waals surface area (Å²) in [5.74, 6) is 2.62. The maximum atomic E-state index is 12.6. The van der Waals surface area contributed by atoms with Crippen LogP contribution in [0.1, 0.15) is 6.42 Å². The van der Waals surface area contributed by atoms with Crippen LogP contribution in [0.2, 0.25) is 0 Å². The molecule has 0 bridgehead atoms. The number of carbonyl (C=O) groups excluding carboxylic acids is 1. The van der Waals surface area contributed by atoms with Crippen LogP contribution in [0.4, 0.5) is 5.82 Å². The van der Waals surface area contributed by atoms with E-state index in [0.29, 0.717) is 11.7 Å². The minimum absolute atomic E-state index is 0.0521. The summed E-state index contributed by atoms with van der Waals surface area (Å²) < 4.78 is 13.2. The number of ether oxygens (including phenoxy) is 2. The zero-order valence-corrected chi connectivity index (χ0v) is 18.1. The van der Waals surface area contributed by atoms with Gasteiger partial charge < -0.3 is 24.3 Å². The summed E-state index contributed by atoms with van der Waals surface area (Å²) in [6.45, 7) is 0.938. The Morgan fingerprint density at radius 3 is 2.57 bits per heavy atom. The van der Waals surface area contributed by atoms with Gasteiger partial charge in [-0.25, -0.2) is 4.98 Å². The van der Waals surface area contributed by atoms with Crippen molar-refractivity contribution in [2.75, 3.05) is 40.2 Å². The molecule has 2 heterocycles. The van der Waals surface area contributed by atoms with Gasteiger partial charge in [-0.05, 0) is 50.7 Å². The first-order chi connectivity index (χ1) is 14.4. The minimum Gasteiger partial charge on any atom is -0.496 e. The second-order valence-electron chi connectivity index (χ2n) is 8.11. The van der Waals surface area contributed by atoms with E-state index in [1.807, 2.05) is 45.4 Å². The zero-order chi connectivity index (χ0) is 21.4. The molecule has 7 heteroatoms. The van der Waals surface area contributed by atoms with Crippen molar-refractivity contribution in [3.8, 4) is 22.8 Å². The first kappa shape index (κ1) is 20.2. The Morgan fingerprint density at radius 2 is 1.93 bits per heavy atom. The predicted octanol–water partition coefficient (Wildman–Crippen LogP) is 3.39. The van der Waals surface area contributed by atoms with Crippen molar-refractivity contribution in [1.82, 2.24) is 14.5 Å². The van der Waals surface area contributed by atoms with Gasteiger partial charge >= 0.3 is 0 Å². The molecule has 0 radical (unpaired) electrons. The smallest absolute Gasteiger partial charge is 0.228 e. The standard InChI is InChI=1S/C23H28N4O3/c1-26(2)13-15-9-16(15)23(28)25-21-11-14-10-17(27(3)18(14)12-24-21)22-19(29-4)7-6-8-20(22)30-5/h6-8,10-12,15-16H,9,13H2,1-5H3,(H,24,25,28)/t15-,16+/m1/s1. The minimum atomic E-state index is 0.0521. The molecule has 0 aliphatic heterocycles. The number of rotatable bonds is 7. The maximum Gasteiger partial charge on any atom is 0.228 e. The summed E-state index contributed by atoms with van der Waals surface area (Å²) in [6.07, 6.45) is 2.73. The summed E-state index contributed by atoms with van der Waals surface area (Å²) in [4.78, 5) is 19.2. The van der Waals surface area contributed by atoms with E-state index in [0.717, 1.165) is 46.6 Å². The van der Waals surface area contributed by atoms with E-state index in [1.54, 1.807) is 20.4 Å². The summed E-state index contributed by atoms with van der Waals surface area (Å²) in [7, 11) is 9.35. The Morgan fingerprint density at radius 1 is 1.23 bits per heavy atom. The molecule has 1 aromatic carbocycles. The van der Waals surface area contributed by atoms with Crippen molar-refractivity contribution in [2.45, 2.75) is 6.42 Å². The fraction of sp³-hybridized carbons (Fsp3) is 0.391. The van der Waals surface area contributed by atoms with Crippen LogP contribution in [0.5, 0.6) is 11.5 Å². The highest BCUT2D eigenvalue weighted by atomic mass is 16.5. The number of benzene rings is 1. The Hall–Kier alpha value is -3.06. The Balaban J connectivity index is 1.63. The molecule has 1 aliphatic carbocycles. The number of anilines is 1. The fourth-order valence-electron chi connectivity index (χ4n) is 4.10. The number of pyridine rings is 1. The number of amides is 1. The molecule has 1 N–H and O–H groups in total. The monoisotopic (exact) mass is 408 g/mol. The normalized spacial score (nSPS) is 17.9. The Labute approximate surface area is 176 Å². The highest BCUT2D eigenvalue weighted by Gasteiger charge is 2.43. The van der Waals surface area contributed by atoms with Gasteiger partial charge in [-0.3, -0.25) is 4.79 Å². The molecule has 7 nitrogen and oxygen atoms in total. The molecule has 158 valence electrons. The van der Waals surface area contributed by atoms with E-state index in [2.05, 4.69) is 25.8 Å². The number of hydrogen-bond acceptors (Lipinski definition) is 5. The van der Waals surface area contributed by atoms with Crippen molar-refractivity contribution in [3.63, 3.8) is 0 Å². The van der Waals surface area contributed by atoms with Gasteiger partial charge in [-0.15, -0.1) is 0 Å². The van der Waals surface area contributed by atoms with E-state index >= 15 is 0 Å². The SMILES string of the molecule is COc1cccc(OC)c1-c1cc2cc(NC(=O)[C@H]3C[C@@H]3CN(C)C)ncc2n1C. The van der Waals surface area contributed by atoms with Crippen molar-refractivity contribution in [1.29, 1.82) is 0 Å². The molecule has 4 rings (SSSR count). The van der Waals surface area contributed by atoms with Gasteiger partial charge in [0, 0.05) is 24.9 Å². The molecule has 3 aromatic rings. The molecule has 2 aromatic heterocycles. The van der Waals surface area contributed by atoms with E-state index in [9.17, 15) is 4.79 Å². The summed E-state index contributed by atoms with van der Waals surface area (Å²) >= 11 is 0. The maximum absolute atomic E-state index is 12.6. The molecular weight excluding hydrogens is 380 g/mol. The molecule has 0 saturated heterocycles. The quantitative estimate of drug-likeness (QED) is 0.649. The van der Waals surface area contributed by atoms with Crippen LogP contribution in [-0.4, -0.2) is 55.2 Å². The summed E-state index contributed by atoms with van der Waals surface area (Å²) in [5.41, 5.74) is 2.81. The van der Waals surface area contributed by atoms with Crippen LogP contribution in [0.15, 0.2) is 36.5 Å². The molecule has 30 heavy (non-hydrogen) atoms. The van der Waals surface area contributed by atoms with Crippen molar-refractivity contribution in [2.24, 2.45) is 18.9 Å². The highest BCUT2D eigenvalue weighted by Crippen LogP contribution is 2.41. The lowest BCUT2D eigenvalue weighted by atomic mass is 10.1. The third kappa shape index (κ3) is 3.73. The number of nitrogens with zero attached hydrogens (tertiary/aromatic N) is 3. The van der Waals surface area contributed by atoms with Crippen LogP contribution in [-0.2, 0) is 11.8 Å². The van der Waals surface area contributed by atoms with Crippen molar-refractivity contribution in [3.05, 3.63) is 36.5 Å². The molecule has 1 amide bonds. The molecule has 0 spiro atoms. The molecular formula is C23H28N4O3. The number of carbonyl (C=O) groups is 1. The number of aryl methyl sites for hydroxylation is 1. The Bertz CT molecular complexity index is 1070. The number of nitrogens with one attached hydrogen (secondary N) is 1. The first-order valence-corrected chi connectivity index (χ1v) is 10.0. The van der Waals surface area contributed by atoms with Gasteiger partial charge in [0.2, 0.25) is 5.91 Å². The van der Waals surface area contributed by atoms with Gasteiger partial charge in [-0.2, -0.15) is 0 Å². The molecule has 2 atom stereocenters. The van der Waals surface area contributed by atoms with Gasteiger partial charge in [0.25, 0.3) is 0 Å². The third-order valence-electron chi connectivity index (χ3n) is 5.72. The number of hydrogen-bond donors (Lipinski definition) is 1. The van der Waals surface area contributed by atoms with Crippen LogP contribution in [0, 0.1) is 11.8 Å². The number of fused-ring (bicyclic) bond motifs is 1. The Kier molecular flexibility index (Phi) is 5.39. The van der Waals surface area contributed by atoms with Gasteiger partial charge in [0.1, 0.15) is 17.3 Å². The van der Waals surface area contributed by atoms with Crippen molar-refractivity contribution < 1.29 is 14.3 Å². The van der Waals surface area contributed by atoms with E-state index < -0.39 is 0 Å². The second kappa shape index (κ2) is 7.99. The predicted molar refractivity (Wildman–Crippen MR) is 118 cm³/mol. The topological polar surface area (TPSA) is 68.6 Å². The van der Waals surface area contributed by atoms with Crippen LogP contribution in [0.3, 0.4) is 0 Å². The molecule has 1 saturated carbocycles. The van der Waals surface area contributed by atoms with E-state index in [4.69, 9.17) is 9.47 Å². The number of methoxy groups -OCH3 is 2. The second-order valence-corrected chi connectivity index (χ2v) is 8.11. The van der Waals surface area contributed by atoms with Gasteiger partial charge in [-0.1, -0.05) is 6.07 Å². The molecule has 1 aliphatic rings. The van der Waals surface area contributed by atoms with Gasteiger partial charge in [0.05, 0.1) is 37.2 Å². The van der Waals surface area contributed by atoms with Crippen LogP contribution >= 0.6 is 0 Å². The third-order valence-corrected chi connectivity index (χ3v) is 5.72. The highest BCUT2D eigenvalue weighted by molar-refractivity contribution is 5.96.